The van der Waals surface area contributed by atoms with Crippen molar-refractivity contribution in [2.75, 3.05) is 24.2 Å². The van der Waals surface area contributed by atoms with Gasteiger partial charge in [0.05, 0.1) is 11.9 Å². The molecule has 0 atom stereocenters. The van der Waals surface area contributed by atoms with Crippen LogP contribution in [0.25, 0.3) is 0 Å². The normalized spacial score (nSPS) is 17.4. The lowest BCUT2D eigenvalue weighted by Crippen LogP contribution is -2.44. The molecule has 1 fully saturated rings. The van der Waals surface area contributed by atoms with Crippen LogP contribution in [-0.2, 0) is 16.4 Å². The Labute approximate surface area is 118 Å². The number of hydrogen-bond acceptors (Lipinski definition) is 5. The SMILES string of the molecule is CCc1ncnc(N2CCC(NS(C)(=O)=O)CC2)c1F. The summed E-state index contributed by atoms with van der Waals surface area (Å²) in [5, 5.41) is 0. The van der Waals surface area contributed by atoms with Crippen LogP contribution < -0.4 is 9.62 Å². The largest absolute Gasteiger partial charge is 0.354 e. The van der Waals surface area contributed by atoms with Crippen LogP contribution in [0, 0.1) is 5.82 Å². The molecule has 2 rings (SSSR count). The molecule has 112 valence electrons. The summed E-state index contributed by atoms with van der Waals surface area (Å²) in [7, 11) is -3.19. The molecule has 0 amide bonds. The number of halogens is 1. The van der Waals surface area contributed by atoms with Crippen LogP contribution in [0.3, 0.4) is 0 Å². The predicted octanol–water partition coefficient (Wildman–Crippen LogP) is 0.696. The van der Waals surface area contributed by atoms with E-state index in [0.29, 0.717) is 43.9 Å². The molecule has 0 radical (unpaired) electrons. The maximum absolute atomic E-state index is 14.1. The van der Waals surface area contributed by atoms with Crippen LogP contribution in [0.15, 0.2) is 6.33 Å². The second kappa shape index (κ2) is 6.01. The lowest BCUT2D eigenvalue weighted by atomic mass is 10.1. The van der Waals surface area contributed by atoms with Gasteiger partial charge in [-0.3, -0.25) is 0 Å². The van der Waals surface area contributed by atoms with Crippen LogP contribution in [0.5, 0.6) is 0 Å². The van der Waals surface area contributed by atoms with Crippen molar-refractivity contribution in [2.24, 2.45) is 0 Å². The van der Waals surface area contributed by atoms with E-state index in [0.717, 1.165) is 6.26 Å². The third-order valence-corrected chi connectivity index (χ3v) is 4.11. The van der Waals surface area contributed by atoms with Gasteiger partial charge in [-0.25, -0.2) is 27.5 Å². The molecular weight excluding hydrogens is 283 g/mol. The Morgan fingerprint density at radius 2 is 2.05 bits per heavy atom. The van der Waals surface area contributed by atoms with E-state index in [2.05, 4.69) is 14.7 Å². The predicted molar refractivity (Wildman–Crippen MR) is 74.6 cm³/mol. The first kappa shape index (κ1) is 15.1. The van der Waals surface area contributed by atoms with Gasteiger partial charge in [0.2, 0.25) is 10.0 Å². The van der Waals surface area contributed by atoms with E-state index in [1.807, 2.05) is 11.8 Å². The Hall–Kier alpha value is -1.28. The zero-order valence-corrected chi connectivity index (χ0v) is 12.5. The second-order valence-corrected chi connectivity index (χ2v) is 6.74. The molecule has 1 aliphatic rings. The monoisotopic (exact) mass is 302 g/mol. The van der Waals surface area contributed by atoms with Gasteiger partial charge in [0.15, 0.2) is 11.6 Å². The summed E-state index contributed by atoms with van der Waals surface area (Å²) >= 11 is 0. The van der Waals surface area contributed by atoms with Gasteiger partial charge in [0, 0.05) is 19.1 Å². The van der Waals surface area contributed by atoms with E-state index in [1.54, 1.807) is 0 Å². The van der Waals surface area contributed by atoms with Gasteiger partial charge >= 0.3 is 0 Å². The number of hydrogen-bond donors (Lipinski definition) is 1. The number of aryl methyl sites for hydroxylation is 1. The Morgan fingerprint density at radius 3 is 2.60 bits per heavy atom. The van der Waals surface area contributed by atoms with E-state index >= 15 is 0 Å². The maximum atomic E-state index is 14.1. The second-order valence-electron chi connectivity index (χ2n) is 4.96. The Morgan fingerprint density at radius 1 is 1.40 bits per heavy atom. The average molecular weight is 302 g/mol. The smallest absolute Gasteiger partial charge is 0.208 e. The average Bonchev–Trinajstić information content (AvgIpc) is 2.38. The van der Waals surface area contributed by atoms with Crippen LogP contribution in [0.1, 0.15) is 25.5 Å². The fourth-order valence-electron chi connectivity index (χ4n) is 2.37. The summed E-state index contributed by atoms with van der Waals surface area (Å²) in [5.41, 5.74) is 0.409. The molecule has 1 N–H and O–H groups in total. The first-order chi connectivity index (χ1) is 9.40. The summed E-state index contributed by atoms with van der Waals surface area (Å²) in [6.45, 7) is 2.99. The van der Waals surface area contributed by atoms with Crippen molar-refractivity contribution in [3.8, 4) is 0 Å². The van der Waals surface area contributed by atoms with E-state index in [-0.39, 0.29) is 11.9 Å². The lowest BCUT2D eigenvalue weighted by molar-refractivity contribution is 0.453. The molecule has 0 spiro atoms. The van der Waals surface area contributed by atoms with Crippen molar-refractivity contribution in [1.82, 2.24) is 14.7 Å². The van der Waals surface area contributed by atoms with Crippen LogP contribution >= 0.6 is 0 Å². The van der Waals surface area contributed by atoms with Gasteiger partial charge < -0.3 is 4.90 Å². The molecule has 0 bridgehead atoms. The summed E-state index contributed by atoms with van der Waals surface area (Å²) in [4.78, 5) is 9.77. The minimum absolute atomic E-state index is 0.0863. The highest BCUT2D eigenvalue weighted by Crippen LogP contribution is 2.22. The maximum Gasteiger partial charge on any atom is 0.208 e. The van der Waals surface area contributed by atoms with E-state index in [1.165, 1.54) is 6.33 Å². The van der Waals surface area contributed by atoms with Gasteiger partial charge in [-0.05, 0) is 19.3 Å². The van der Waals surface area contributed by atoms with Gasteiger partial charge in [-0.2, -0.15) is 0 Å². The highest BCUT2D eigenvalue weighted by atomic mass is 32.2. The Balaban J connectivity index is 2.04. The van der Waals surface area contributed by atoms with Gasteiger partial charge in [0.25, 0.3) is 0 Å². The van der Waals surface area contributed by atoms with Gasteiger partial charge in [-0.1, -0.05) is 6.92 Å². The molecule has 8 heteroatoms. The molecule has 1 aromatic heterocycles. The van der Waals surface area contributed by atoms with E-state index < -0.39 is 10.0 Å². The molecule has 1 aliphatic heterocycles. The third-order valence-electron chi connectivity index (χ3n) is 3.35. The van der Waals surface area contributed by atoms with Gasteiger partial charge in [0.1, 0.15) is 6.33 Å². The molecule has 0 unspecified atom stereocenters. The zero-order chi connectivity index (χ0) is 14.8. The molecule has 2 heterocycles. The summed E-state index contributed by atoms with van der Waals surface area (Å²) in [6, 6.07) is -0.0863. The quantitative estimate of drug-likeness (QED) is 0.886. The fraction of sp³-hybridized carbons (Fsp3) is 0.667. The Bertz CT molecular complexity index is 571. The summed E-state index contributed by atoms with van der Waals surface area (Å²) in [6.07, 6.45) is 4.32. The van der Waals surface area contributed by atoms with Gasteiger partial charge in [-0.15, -0.1) is 0 Å². The number of piperidine rings is 1. The number of anilines is 1. The molecule has 1 saturated heterocycles. The number of rotatable bonds is 4. The van der Waals surface area contributed by atoms with E-state index in [9.17, 15) is 12.8 Å². The molecule has 0 aromatic carbocycles. The molecule has 0 saturated carbocycles. The molecule has 20 heavy (non-hydrogen) atoms. The van der Waals surface area contributed by atoms with Crippen molar-refractivity contribution in [3.63, 3.8) is 0 Å². The highest BCUT2D eigenvalue weighted by molar-refractivity contribution is 7.88. The zero-order valence-electron chi connectivity index (χ0n) is 11.6. The lowest BCUT2D eigenvalue weighted by Gasteiger charge is -2.32. The Kier molecular flexibility index (Phi) is 4.54. The van der Waals surface area contributed by atoms with Crippen molar-refractivity contribution >= 4 is 15.8 Å². The minimum atomic E-state index is -3.19. The van der Waals surface area contributed by atoms with Crippen LogP contribution in [-0.4, -0.2) is 43.8 Å². The summed E-state index contributed by atoms with van der Waals surface area (Å²) in [5.74, 6) is -0.0563. The van der Waals surface area contributed by atoms with E-state index in [4.69, 9.17) is 0 Å². The molecular formula is C12H19FN4O2S. The van der Waals surface area contributed by atoms with Crippen molar-refractivity contribution in [1.29, 1.82) is 0 Å². The standard InChI is InChI=1S/C12H19FN4O2S/c1-3-10-11(13)12(15-8-14-10)17-6-4-9(5-7-17)16-20(2,18)19/h8-9,16H,3-7H2,1-2H3. The van der Waals surface area contributed by atoms with Crippen molar-refractivity contribution in [3.05, 3.63) is 17.8 Å². The number of nitrogens with one attached hydrogen (secondary N) is 1. The number of sulfonamides is 1. The minimum Gasteiger partial charge on any atom is -0.354 e. The third kappa shape index (κ3) is 3.63. The molecule has 1 aromatic rings. The van der Waals surface area contributed by atoms with Crippen LogP contribution in [0.2, 0.25) is 0 Å². The molecule has 6 nitrogen and oxygen atoms in total. The first-order valence-corrected chi connectivity index (χ1v) is 8.51. The van der Waals surface area contributed by atoms with Crippen molar-refractivity contribution < 1.29 is 12.8 Å². The first-order valence-electron chi connectivity index (χ1n) is 6.62. The fourth-order valence-corrected chi connectivity index (χ4v) is 3.22. The highest BCUT2D eigenvalue weighted by Gasteiger charge is 2.24. The van der Waals surface area contributed by atoms with Crippen LogP contribution in [0.4, 0.5) is 10.2 Å². The number of nitrogens with zero attached hydrogens (tertiary/aromatic N) is 3. The van der Waals surface area contributed by atoms with Crippen molar-refractivity contribution in [2.45, 2.75) is 32.2 Å². The molecule has 0 aliphatic carbocycles. The summed E-state index contributed by atoms with van der Waals surface area (Å²) < 4.78 is 39.1. The number of aromatic nitrogens is 2. The topological polar surface area (TPSA) is 75.2 Å².